The van der Waals surface area contributed by atoms with E-state index in [0.717, 1.165) is 20.1 Å². The number of hydrogen-bond acceptors (Lipinski definition) is 3. The first-order valence-electron chi connectivity index (χ1n) is 4.05. The van der Waals surface area contributed by atoms with E-state index < -0.39 is 4.92 Å². The average molecular weight is 180 g/mol. The maximum atomic E-state index is 8.81. The van der Waals surface area contributed by atoms with Gasteiger partial charge in [0.2, 0.25) is 0 Å². The molecule has 70 valence electrons. The molecule has 1 heterocycles. The van der Waals surface area contributed by atoms with Crippen LogP contribution in [-0.2, 0) is 13.1 Å². The molecule has 0 bridgehead atoms. The number of rotatable bonds is 0. The van der Waals surface area contributed by atoms with Gasteiger partial charge in [0.25, 0.3) is 0 Å². The molecule has 4 nitrogen and oxygen atoms in total. The van der Waals surface area contributed by atoms with Crippen LogP contribution in [0.5, 0.6) is 0 Å². The van der Waals surface area contributed by atoms with Crippen LogP contribution in [0.15, 0.2) is 24.3 Å². The molecule has 0 saturated carbocycles. The van der Waals surface area contributed by atoms with Gasteiger partial charge in [0.1, 0.15) is 0 Å². The summed E-state index contributed by atoms with van der Waals surface area (Å²) in [5, 5.41) is 12.1. The van der Waals surface area contributed by atoms with Gasteiger partial charge in [0.15, 0.2) is 7.05 Å². The third-order valence-electron chi connectivity index (χ3n) is 1.75. The number of nitrogens with one attached hydrogen (secondary N) is 1. The average Bonchev–Trinajstić information content (AvgIpc) is 2.49. The molecule has 2 rings (SSSR count). The van der Waals surface area contributed by atoms with Gasteiger partial charge in [-0.2, -0.15) is 0 Å². The molecule has 1 aliphatic rings. The Morgan fingerprint density at radius 1 is 1.31 bits per heavy atom. The Morgan fingerprint density at radius 3 is 2.08 bits per heavy atom. The van der Waals surface area contributed by atoms with E-state index in [1.54, 1.807) is 0 Å². The lowest BCUT2D eigenvalue weighted by Crippen LogP contribution is -1.99. The van der Waals surface area contributed by atoms with Gasteiger partial charge in [-0.25, -0.2) is 0 Å². The third kappa shape index (κ3) is 3.21. The van der Waals surface area contributed by atoms with Crippen molar-refractivity contribution in [3.05, 3.63) is 45.5 Å². The molecule has 1 N–H and O–H groups in total. The Morgan fingerprint density at radius 2 is 1.69 bits per heavy atom. The number of benzene rings is 1. The minimum atomic E-state index is -0.500. The zero-order valence-corrected chi connectivity index (χ0v) is 7.49. The normalized spacial score (nSPS) is 12.7. The maximum absolute atomic E-state index is 8.81. The van der Waals surface area contributed by atoms with Gasteiger partial charge >= 0.3 is 0 Å². The van der Waals surface area contributed by atoms with Crippen molar-refractivity contribution in [3.63, 3.8) is 0 Å². The summed E-state index contributed by atoms with van der Waals surface area (Å²) in [5.41, 5.74) is 2.91. The third-order valence-corrected chi connectivity index (χ3v) is 1.75. The molecule has 0 aliphatic carbocycles. The van der Waals surface area contributed by atoms with E-state index in [2.05, 4.69) is 29.6 Å². The molecular weight excluding hydrogens is 168 g/mol. The van der Waals surface area contributed by atoms with Crippen molar-refractivity contribution >= 4 is 0 Å². The Hall–Kier alpha value is -1.42. The van der Waals surface area contributed by atoms with E-state index in [0.29, 0.717) is 0 Å². The van der Waals surface area contributed by atoms with Crippen LogP contribution in [-0.4, -0.2) is 12.0 Å². The molecular formula is C9H12N2O2. The van der Waals surface area contributed by atoms with Crippen LogP contribution in [0.2, 0.25) is 0 Å². The number of fused-ring (bicyclic) bond motifs is 1. The summed E-state index contributed by atoms with van der Waals surface area (Å²) >= 11 is 0. The second-order valence-electron chi connectivity index (χ2n) is 2.81. The van der Waals surface area contributed by atoms with Gasteiger partial charge in [0.05, 0.1) is 0 Å². The molecule has 0 unspecified atom stereocenters. The van der Waals surface area contributed by atoms with Gasteiger partial charge in [-0.3, -0.25) is 10.1 Å². The largest absolute Gasteiger partial charge is 0.309 e. The highest BCUT2D eigenvalue weighted by Crippen LogP contribution is 2.12. The molecule has 1 aromatic rings. The Balaban J connectivity index is 0.000000184. The zero-order valence-electron chi connectivity index (χ0n) is 7.49. The van der Waals surface area contributed by atoms with E-state index in [1.807, 2.05) is 0 Å². The molecule has 0 spiro atoms. The highest BCUT2D eigenvalue weighted by molar-refractivity contribution is 5.29. The summed E-state index contributed by atoms with van der Waals surface area (Å²) in [4.78, 5) is 8.31. The fourth-order valence-corrected chi connectivity index (χ4v) is 1.23. The van der Waals surface area contributed by atoms with Crippen molar-refractivity contribution in [3.8, 4) is 0 Å². The van der Waals surface area contributed by atoms with Crippen molar-refractivity contribution in [2.24, 2.45) is 0 Å². The van der Waals surface area contributed by atoms with Crippen molar-refractivity contribution < 1.29 is 4.92 Å². The summed E-state index contributed by atoms with van der Waals surface area (Å²) in [6, 6.07) is 8.53. The molecule has 0 radical (unpaired) electrons. The SMILES string of the molecule is C[N+](=O)[O-].c1ccc2c(c1)CNC2. The molecule has 0 atom stereocenters. The van der Waals surface area contributed by atoms with Gasteiger partial charge in [0, 0.05) is 18.0 Å². The van der Waals surface area contributed by atoms with Gasteiger partial charge in [-0.15, -0.1) is 0 Å². The Labute approximate surface area is 76.7 Å². The van der Waals surface area contributed by atoms with Gasteiger partial charge in [-0.05, 0) is 11.1 Å². The van der Waals surface area contributed by atoms with E-state index in [1.165, 1.54) is 11.1 Å². The molecule has 0 amide bonds. The van der Waals surface area contributed by atoms with Crippen LogP contribution >= 0.6 is 0 Å². The van der Waals surface area contributed by atoms with Crippen LogP contribution in [0, 0.1) is 10.1 Å². The predicted molar refractivity (Wildman–Crippen MR) is 49.9 cm³/mol. The lowest BCUT2D eigenvalue weighted by molar-refractivity contribution is -0.445. The summed E-state index contributed by atoms with van der Waals surface area (Å²) in [6.07, 6.45) is 0. The predicted octanol–water partition coefficient (Wildman–Crippen LogP) is 1.18. The van der Waals surface area contributed by atoms with Crippen molar-refractivity contribution in [2.45, 2.75) is 13.1 Å². The van der Waals surface area contributed by atoms with Crippen LogP contribution in [0.25, 0.3) is 0 Å². The first-order valence-corrected chi connectivity index (χ1v) is 4.05. The fourth-order valence-electron chi connectivity index (χ4n) is 1.23. The van der Waals surface area contributed by atoms with E-state index in [-0.39, 0.29) is 0 Å². The quantitative estimate of drug-likeness (QED) is 0.482. The highest BCUT2D eigenvalue weighted by Gasteiger charge is 2.06. The van der Waals surface area contributed by atoms with Crippen LogP contribution < -0.4 is 5.32 Å². The van der Waals surface area contributed by atoms with Crippen LogP contribution in [0.4, 0.5) is 0 Å². The van der Waals surface area contributed by atoms with Crippen molar-refractivity contribution in [1.82, 2.24) is 5.32 Å². The standard InChI is InChI=1S/C8H9N.CH3NO2/c1-2-4-8-6-9-5-7(8)3-1;1-2(3)4/h1-4,9H,5-6H2;1H3. The lowest BCUT2D eigenvalue weighted by atomic mass is 10.1. The second-order valence-corrected chi connectivity index (χ2v) is 2.81. The van der Waals surface area contributed by atoms with E-state index >= 15 is 0 Å². The second kappa shape index (κ2) is 4.57. The molecule has 0 aromatic heterocycles. The van der Waals surface area contributed by atoms with Crippen LogP contribution in [0.3, 0.4) is 0 Å². The molecule has 0 saturated heterocycles. The highest BCUT2D eigenvalue weighted by atomic mass is 16.6. The number of nitro groups is 1. The smallest absolute Gasteiger partial charge is 0.194 e. The molecule has 1 aliphatic heterocycles. The van der Waals surface area contributed by atoms with E-state index in [4.69, 9.17) is 10.1 Å². The maximum Gasteiger partial charge on any atom is 0.194 e. The number of hydrogen-bond donors (Lipinski definition) is 1. The summed E-state index contributed by atoms with van der Waals surface area (Å²) in [6.45, 7) is 2.10. The Kier molecular flexibility index (Phi) is 3.40. The minimum Gasteiger partial charge on any atom is -0.309 e. The van der Waals surface area contributed by atoms with Crippen molar-refractivity contribution in [1.29, 1.82) is 0 Å². The monoisotopic (exact) mass is 180 g/mol. The first kappa shape index (κ1) is 9.67. The Bertz CT molecular complexity index is 272. The molecule has 0 fully saturated rings. The minimum absolute atomic E-state index is 0.500. The molecule has 13 heavy (non-hydrogen) atoms. The topological polar surface area (TPSA) is 55.2 Å². The number of nitrogens with zero attached hydrogens (tertiary/aromatic N) is 1. The fraction of sp³-hybridized carbons (Fsp3) is 0.333. The van der Waals surface area contributed by atoms with Gasteiger partial charge in [-0.1, -0.05) is 24.3 Å². The molecule has 1 aromatic carbocycles. The summed E-state index contributed by atoms with van der Waals surface area (Å²) < 4.78 is 0. The van der Waals surface area contributed by atoms with Crippen LogP contribution in [0.1, 0.15) is 11.1 Å². The molecule has 4 heteroatoms. The first-order chi connectivity index (χ1) is 6.20. The van der Waals surface area contributed by atoms with E-state index in [9.17, 15) is 0 Å². The zero-order chi connectivity index (χ0) is 9.68. The van der Waals surface area contributed by atoms with Crippen molar-refractivity contribution in [2.75, 3.05) is 7.05 Å². The van der Waals surface area contributed by atoms with Gasteiger partial charge < -0.3 is 5.32 Å². The summed E-state index contributed by atoms with van der Waals surface area (Å²) in [7, 11) is 0.889. The summed E-state index contributed by atoms with van der Waals surface area (Å²) in [5.74, 6) is 0. The lowest BCUT2D eigenvalue weighted by Gasteiger charge is -1.91.